The monoisotopic (exact) mass is 255 g/mol. The van der Waals surface area contributed by atoms with Crippen molar-refractivity contribution in [1.82, 2.24) is 0 Å². The van der Waals surface area contributed by atoms with E-state index in [9.17, 15) is 9.90 Å². The second-order valence-electron chi connectivity index (χ2n) is 4.60. The minimum Gasteiger partial charge on any atom is -0.550 e. The summed E-state index contributed by atoms with van der Waals surface area (Å²) in [5.41, 5.74) is 7.37. The lowest BCUT2D eigenvalue weighted by atomic mass is 9.99. The van der Waals surface area contributed by atoms with E-state index in [4.69, 9.17) is 0 Å². The molecule has 2 rings (SSSR count). The van der Waals surface area contributed by atoms with Crippen molar-refractivity contribution in [2.75, 3.05) is 0 Å². The number of quaternary nitrogens is 1. The van der Waals surface area contributed by atoms with Gasteiger partial charge in [-0.3, -0.25) is 0 Å². The van der Waals surface area contributed by atoms with E-state index >= 15 is 0 Å². The van der Waals surface area contributed by atoms with E-state index in [-0.39, 0.29) is 12.5 Å². The fraction of sp³-hybridized carbons (Fsp3) is 0.188. The summed E-state index contributed by atoms with van der Waals surface area (Å²) in [5, 5.41) is 10.4. The lowest BCUT2D eigenvalue weighted by Crippen LogP contribution is -2.53. The Bertz CT molecular complexity index is 534. The van der Waals surface area contributed by atoms with E-state index in [0.717, 1.165) is 11.1 Å². The van der Waals surface area contributed by atoms with Crippen LogP contribution in [0.3, 0.4) is 0 Å². The number of hydrogen-bond acceptors (Lipinski definition) is 2. The van der Waals surface area contributed by atoms with Crippen LogP contribution in [-0.4, -0.2) is 5.97 Å². The highest BCUT2D eigenvalue weighted by Gasteiger charge is 2.09. The van der Waals surface area contributed by atoms with E-state index in [2.05, 4.69) is 17.9 Å². The summed E-state index contributed by atoms with van der Waals surface area (Å²) in [6.45, 7) is 0. The molecule has 2 aromatic carbocycles. The maximum atomic E-state index is 10.4. The highest BCUT2D eigenvalue weighted by molar-refractivity contribution is 5.64. The number of carboxylic acids is 1. The maximum absolute atomic E-state index is 10.4. The molecule has 2 aromatic rings. The zero-order valence-corrected chi connectivity index (χ0v) is 10.7. The number of carbonyl (C=O) groups is 1. The Morgan fingerprint density at radius 1 is 1.00 bits per heavy atom. The van der Waals surface area contributed by atoms with Gasteiger partial charge in [-0.15, -0.1) is 0 Å². The first kappa shape index (κ1) is 13.3. The molecular formula is C16H17NO2. The Balaban J connectivity index is 2.08. The van der Waals surface area contributed by atoms with E-state index in [1.807, 2.05) is 42.5 Å². The lowest BCUT2D eigenvalue weighted by Gasteiger charge is -2.10. The molecule has 0 unspecified atom stereocenters. The summed E-state index contributed by atoms with van der Waals surface area (Å²) in [6, 6.07) is 18.2. The Labute approximate surface area is 112 Å². The highest BCUT2D eigenvalue weighted by atomic mass is 16.4. The summed E-state index contributed by atoms with van der Waals surface area (Å²) in [4.78, 5) is 10.4. The molecule has 1 atom stereocenters. The number of aliphatic carboxylic acids is 1. The standard InChI is InChI=1S/C16H17NO2/c17-15(10-11-16(18)19)14-8-6-13(7-9-14)12-4-2-1-3-5-12/h1-9,15H,10-11,17H2,(H,18,19)/t15-/m0/s1. The quantitative estimate of drug-likeness (QED) is 0.871. The molecule has 0 aliphatic carbocycles. The second kappa shape index (κ2) is 6.16. The largest absolute Gasteiger partial charge is 0.550 e. The van der Waals surface area contributed by atoms with Crippen LogP contribution < -0.4 is 10.8 Å². The van der Waals surface area contributed by atoms with Gasteiger partial charge in [0.25, 0.3) is 0 Å². The number of rotatable bonds is 5. The van der Waals surface area contributed by atoms with Crippen LogP contribution >= 0.6 is 0 Å². The van der Waals surface area contributed by atoms with Gasteiger partial charge in [-0.25, -0.2) is 0 Å². The van der Waals surface area contributed by atoms with Gasteiger partial charge >= 0.3 is 0 Å². The molecule has 0 spiro atoms. The molecule has 0 amide bonds. The predicted molar refractivity (Wildman–Crippen MR) is 71.7 cm³/mol. The predicted octanol–water partition coefficient (Wildman–Crippen LogP) is 1.17. The van der Waals surface area contributed by atoms with Gasteiger partial charge in [0.05, 0.1) is 0 Å². The molecule has 0 saturated carbocycles. The molecule has 0 saturated heterocycles. The second-order valence-corrected chi connectivity index (χ2v) is 4.60. The topological polar surface area (TPSA) is 67.8 Å². The first-order chi connectivity index (χ1) is 9.16. The minimum atomic E-state index is -1.02. The summed E-state index contributed by atoms with van der Waals surface area (Å²) < 4.78 is 0. The van der Waals surface area contributed by atoms with Crippen molar-refractivity contribution in [1.29, 1.82) is 0 Å². The van der Waals surface area contributed by atoms with Gasteiger partial charge in [0.2, 0.25) is 0 Å². The molecule has 0 aromatic heterocycles. The van der Waals surface area contributed by atoms with Gasteiger partial charge in [-0.2, -0.15) is 0 Å². The fourth-order valence-corrected chi connectivity index (χ4v) is 2.04. The molecule has 0 aliphatic rings. The van der Waals surface area contributed by atoms with Crippen molar-refractivity contribution in [3.8, 4) is 11.1 Å². The molecule has 19 heavy (non-hydrogen) atoms. The van der Waals surface area contributed by atoms with Gasteiger partial charge in [-0.1, -0.05) is 54.6 Å². The van der Waals surface area contributed by atoms with Crippen LogP contribution in [0.25, 0.3) is 11.1 Å². The zero-order valence-electron chi connectivity index (χ0n) is 10.7. The molecule has 0 radical (unpaired) electrons. The normalized spacial score (nSPS) is 12.1. The minimum absolute atomic E-state index is 0.0114. The third-order valence-electron chi connectivity index (χ3n) is 3.19. The Morgan fingerprint density at radius 3 is 2.16 bits per heavy atom. The molecule has 3 heteroatoms. The maximum Gasteiger partial charge on any atom is 0.110 e. The summed E-state index contributed by atoms with van der Waals surface area (Å²) >= 11 is 0. The summed E-state index contributed by atoms with van der Waals surface area (Å²) in [6.07, 6.45) is 0.557. The van der Waals surface area contributed by atoms with Crippen molar-refractivity contribution in [2.45, 2.75) is 18.9 Å². The number of carboxylic acid groups (broad SMARTS) is 1. The van der Waals surface area contributed by atoms with Gasteiger partial charge < -0.3 is 15.6 Å². The van der Waals surface area contributed by atoms with Crippen LogP contribution in [0.5, 0.6) is 0 Å². The SMILES string of the molecule is [NH3+][C@@H](CCC(=O)[O-])c1ccc(-c2ccccc2)cc1. The van der Waals surface area contributed by atoms with Crippen LogP contribution in [0, 0.1) is 0 Å². The average Bonchev–Trinajstić information content (AvgIpc) is 2.46. The third kappa shape index (κ3) is 3.66. The van der Waals surface area contributed by atoms with Crippen LogP contribution in [-0.2, 0) is 4.79 Å². The van der Waals surface area contributed by atoms with Crippen LogP contribution in [0.1, 0.15) is 24.4 Å². The molecule has 98 valence electrons. The molecule has 0 aliphatic heterocycles. The molecule has 0 fully saturated rings. The lowest BCUT2D eigenvalue weighted by molar-refractivity contribution is -0.428. The summed E-state index contributed by atoms with van der Waals surface area (Å²) in [5.74, 6) is -1.02. The van der Waals surface area contributed by atoms with Crippen molar-refractivity contribution in [3.05, 3.63) is 60.2 Å². The van der Waals surface area contributed by atoms with Gasteiger partial charge in [-0.05, 0) is 17.5 Å². The first-order valence-electron chi connectivity index (χ1n) is 6.35. The van der Waals surface area contributed by atoms with Crippen molar-refractivity contribution in [3.63, 3.8) is 0 Å². The van der Waals surface area contributed by atoms with Gasteiger partial charge in [0.1, 0.15) is 6.04 Å². The van der Waals surface area contributed by atoms with Crippen LogP contribution in [0.4, 0.5) is 0 Å². The Morgan fingerprint density at radius 2 is 1.58 bits per heavy atom. The average molecular weight is 255 g/mol. The van der Waals surface area contributed by atoms with Crippen molar-refractivity contribution in [2.24, 2.45) is 0 Å². The zero-order chi connectivity index (χ0) is 13.7. The van der Waals surface area contributed by atoms with Crippen LogP contribution in [0.15, 0.2) is 54.6 Å². The van der Waals surface area contributed by atoms with Gasteiger partial charge in [0, 0.05) is 18.0 Å². The Hall–Kier alpha value is -2.13. The number of hydrogen-bond donors (Lipinski definition) is 1. The van der Waals surface area contributed by atoms with Crippen LogP contribution in [0.2, 0.25) is 0 Å². The van der Waals surface area contributed by atoms with E-state index in [1.165, 1.54) is 5.56 Å². The molecule has 0 bridgehead atoms. The van der Waals surface area contributed by atoms with E-state index in [1.54, 1.807) is 0 Å². The summed E-state index contributed by atoms with van der Waals surface area (Å²) in [7, 11) is 0. The molecular weight excluding hydrogens is 238 g/mol. The van der Waals surface area contributed by atoms with Gasteiger partial charge in [0.15, 0.2) is 0 Å². The molecule has 3 nitrogen and oxygen atoms in total. The van der Waals surface area contributed by atoms with Crippen molar-refractivity contribution >= 4 is 5.97 Å². The Kier molecular flexibility index (Phi) is 4.31. The van der Waals surface area contributed by atoms with E-state index < -0.39 is 5.97 Å². The van der Waals surface area contributed by atoms with Crippen molar-refractivity contribution < 1.29 is 15.6 Å². The molecule has 3 N–H and O–H groups in total. The highest BCUT2D eigenvalue weighted by Crippen LogP contribution is 2.21. The van der Waals surface area contributed by atoms with E-state index in [0.29, 0.717) is 6.42 Å². The number of carbonyl (C=O) groups excluding carboxylic acids is 1. The first-order valence-corrected chi connectivity index (χ1v) is 6.35. The third-order valence-corrected chi connectivity index (χ3v) is 3.19. The number of benzene rings is 2. The smallest absolute Gasteiger partial charge is 0.110 e. The molecule has 0 heterocycles. The fourth-order valence-electron chi connectivity index (χ4n) is 2.04.